The molecule has 2 amide bonds. The van der Waals surface area contributed by atoms with Crippen molar-refractivity contribution in [3.05, 3.63) is 48.3 Å². The van der Waals surface area contributed by atoms with Gasteiger partial charge in [0.2, 0.25) is 5.91 Å². The van der Waals surface area contributed by atoms with E-state index in [9.17, 15) is 9.59 Å². The molecule has 1 atom stereocenters. The van der Waals surface area contributed by atoms with Gasteiger partial charge >= 0.3 is 0 Å². The fourth-order valence-corrected chi connectivity index (χ4v) is 3.61. The number of carbonyl (C=O) groups is 2. The van der Waals surface area contributed by atoms with E-state index in [2.05, 4.69) is 6.92 Å². The minimum atomic E-state index is -0.0881. The number of piperazine rings is 1. The number of benzene rings is 1. The third kappa shape index (κ3) is 3.84. The fourth-order valence-electron chi connectivity index (χ4n) is 3.61. The minimum absolute atomic E-state index is 0.0186. The summed E-state index contributed by atoms with van der Waals surface area (Å²) in [6.07, 6.45) is 4.77. The second kappa shape index (κ2) is 8.29. The highest BCUT2D eigenvalue weighted by atomic mass is 16.5. The highest BCUT2D eigenvalue weighted by Gasteiger charge is 2.37. The van der Waals surface area contributed by atoms with Gasteiger partial charge in [0.25, 0.3) is 5.91 Å². The second-order valence-electron chi connectivity index (χ2n) is 6.91. The number of rotatable bonds is 6. The Morgan fingerprint density at radius 3 is 2.67 bits per heavy atom. The topological polar surface area (TPSA) is 54.8 Å². The number of para-hydroxylation sites is 2. The highest BCUT2D eigenvalue weighted by molar-refractivity contribution is 6.02. The summed E-state index contributed by atoms with van der Waals surface area (Å²) in [5, 5.41) is 0. The number of hydrogen-bond donors (Lipinski definition) is 0. The second-order valence-corrected chi connectivity index (χ2v) is 6.91. The van der Waals surface area contributed by atoms with Crippen molar-refractivity contribution < 1.29 is 14.3 Å². The zero-order valence-electron chi connectivity index (χ0n) is 16.2. The summed E-state index contributed by atoms with van der Waals surface area (Å²) < 4.78 is 7.24. The van der Waals surface area contributed by atoms with E-state index in [1.165, 1.54) is 0 Å². The van der Waals surface area contributed by atoms with Gasteiger partial charge in [-0.1, -0.05) is 31.9 Å². The molecule has 3 rings (SSSR count). The Morgan fingerprint density at radius 2 is 2.00 bits per heavy atom. The number of carbonyl (C=O) groups excluding carboxylic acids is 2. The molecule has 1 saturated heterocycles. The van der Waals surface area contributed by atoms with Crippen molar-refractivity contribution in [2.75, 3.05) is 25.1 Å². The molecule has 1 aromatic heterocycles. The summed E-state index contributed by atoms with van der Waals surface area (Å²) in [6.45, 7) is 2.70. The van der Waals surface area contributed by atoms with E-state index < -0.39 is 0 Å². The number of methoxy groups -OCH3 is 1. The Bertz CT molecular complexity index is 815. The smallest absolute Gasteiger partial charge is 0.271 e. The summed E-state index contributed by atoms with van der Waals surface area (Å²) in [5.74, 6) is 0.494. The molecule has 0 unspecified atom stereocenters. The molecule has 6 heteroatoms. The zero-order valence-corrected chi connectivity index (χ0v) is 16.2. The lowest BCUT2D eigenvalue weighted by molar-refractivity contribution is -0.121. The van der Waals surface area contributed by atoms with Gasteiger partial charge in [0.05, 0.1) is 18.8 Å². The summed E-state index contributed by atoms with van der Waals surface area (Å²) in [5.41, 5.74) is 1.37. The van der Waals surface area contributed by atoms with Gasteiger partial charge in [-0.15, -0.1) is 0 Å². The van der Waals surface area contributed by atoms with E-state index in [1.807, 2.05) is 43.6 Å². The maximum Gasteiger partial charge on any atom is 0.271 e. The van der Waals surface area contributed by atoms with Crippen LogP contribution in [0.25, 0.3) is 0 Å². The first kappa shape index (κ1) is 19.0. The van der Waals surface area contributed by atoms with E-state index in [4.69, 9.17) is 4.74 Å². The largest absolute Gasteiger partial charge is 0.495 e. The Hall–Kier alpha value is -2.76. The predicted molar refractivity (Wildman–Crippen MR) is 105 cm³/mol. The Morgan fingerprint density at radius 1 is 1.22 bits per heavy atom. The molecule has 1 aliphatic heterocycles. The molecule has 2 heterocycles. The Balaban J connectivity index is 1.89. The molecule has 1 aliphatic rings. The van der Waals surface area contributed by atoms with E-state index in [0.29, 0.717) is 18.0 Å². The molecule has 27 heavy (non-hydrogen) atoms. The molecule has 6 nitrogen and oxygen atoms in total. The Kier molecular flexibility index (Phi) is 5.84. The average Bonchev–Trinajstić information content (AvgIpc) is 3.12. The van der Waals surface area contributed by atoms with Crippen LogP contribution in [0.15, 0.2) is 42.6 Å². The van der Waals surface area contributed by atoms with E-state index in [-0.39, 0.29) is 24.4 Å². The van der Waals surface area contributed by atoms with E-state index in [0.717, 1.165) is 24.9 Å². The number of amides is 2. The molecule has 2 aromatic rings. The zero-order chi connectivity index (χ0) is 19.4. The first-order valence-electron chi connectivity index (χ1n) is 9.42. The molecular formula is C21H27N3O3. The van der Waals surface area contributed by atoms with Crippen LogP contribution in [0, 0.1) is 0 Å². The number of nitrogens with zero attached hydrogens (tertiary/aromatic N) is 3. The van der Waals surface area contributed by atoms with Crippen LogP contribution < -0.4 is 9.64 Å². The molecule has 1 aromatic carbocycles. The maximum absolute atomic E-state index is 13.1. The van der Waals surface area contributed by atoms with Gasteiger partial charge in [0.15, 0.2) is 0 Å². The number of unbranched alkanes of at least 4 members (excludes halogenated alkanes) is 1. The number of ether oxygens (including phenoxy) is 1. The van der Waals surface area contributed by atoms with Crippen molar-refractivity contribution in [2.24, 2.45) is 7.05 Å². The van der Waals surface area contributed by atoms with Crippen molar-refractivity contribution in [2.45, 2.75) is 32.2 Å². The lowest BCUT2D eigenvalue weighted by atomic mass is 10.0. The normalized spacial score (nSPS) is 17.3. The van der Waals surface area contributed by atoms with E-state index >= 15 is 0 Å². The average molecular weight is 369 g/mol. The molecule has 144 valence electrons. The quantitative estimate of drug-likeness (QED) is 0.786. The van der Waals surface area contributed by atoms with Crippen LogP contribution in [0.2, 0.25) is 0 Å². The fraction of sp³-hybridized carbons (Fsp3) is 0.429. The lowest BCUT2D eigenvalue weighted by Crippen LogP contribution is -2.58. The molecule has 0 radical (unpaired) electrons. The molecule has 1 fully saturated rings. The first-order chi connectivity index (χ1) is 13.1. The summed E-state index contributed by atoms with van der Waals surface area (Å²) in [6, 6.07) is 11.2. The van der Waals surface area contributed by atoms with Crippen LogP contribution in [-0.4, -0.2) is 47.5 Å². The number of aryl methyl sites for hydroxylation is 1. The van der Waals surface area contributed by atoms with Gasteiger partial charge in [-0.25, -0.2) is 0 Å². The van der Waals surface area contributed by atoms with Gasteiger partial charge in [0, 0.05) is 19.8 Å². The molecule has 0 saturated carbocycles. The first-order valence-corrected chi connectivity index (χ1v) is 9.42. The standard InChI is InChI=1S/C21H27N3O3/c1-4-5-9-16-14-24(17-10-6-7-12-19(17)27-3)20(25)15-23(16)21(26)18-11-8-13-22(18)2/h6-8,10-13,16H,4-5,9,14-15H2,1-3H3/t16-/m0/s1. The van der Waals surface area contributed by atoms with Crippen LogP contribution in [0.4, 0.5) is 5.69 Å². The maximum atomic E-state index is 13.1. The molecule has 0 aliphatic carbocycles. The van der Waals surface area contributed by atoms with Crippen molar-refractivity contribution in [1.82, 2.24) is 9.47 Å². The molecule has 0 bridgehead atoms. The summed E-state index contributed by atoms with van der Waals surface area (Å²) in [7, 11) is 3.45. The van der Waals surface area contributed by atoms with Gasteiger partial charge in [-0.05, 0) is 30.7 Å². The van der Waals surface area contributed by atoms with Crippen LogP contribution in [0.5, 0.6) is 5.75 Å². The lowest BCUT2D eigenvalue weighted by Gasteiger charge is -2.41. The summed E-state index contributed by atoms with van der Waals surface area (Å²) in [4.78, 5) is 29.5. The number of anilines is 1. The predicted octanol–water partition coefficient (Wildman–Crippen LogP) is 3.08. The van der Waals surface area contributed by atoms with Crippen molar-refractivity contribution in [1.29, 1.82) is 0 Å². The van der Waals surface area contributed by atoms with E-state index in [1.54, 1.807) is 27.5 Å². The minimum Gasteiger partial charge on any atom is -0.495 e. The van der Waals surface area contributed by atoms with Crippen molar-refractivity contribution >= 4 is 17.5 Å². The van der Waals surface area contributed by atoms with Gasteiger partial charge in [-0.3, -0.25) is 9.59 Å². The Labute approximate surface area is 160 Å². The molecular weight excluding hydrogens is 342 g/mol. The van der Waals surface area contributed by atoms with Crippen molar-refractivity contribution in [3.8, 4) is 5.75 Å². The van der Waals surface area contributed by atoms with Crippen LogP contribution in [-0.2, 0) is 11.8 Å². The molecule has 0 spiro atoms. The van der Waals surface area contributed by atoms with Gasteiger partial charge in [-0.2, -0.15) is 0 Å². The van der Waals surface area contributed by atoms with Crippen LogP contribution in [0.1, 0.15) is 36.7 Å². The highest BCUT2D eigenvalue weighted by Crippen LogP contribution is 2.31. The third-order valence-corrected chi connectivity index (χ3v) is 5.13. The van der Waals surface area contributed by atoms with Crippen LogP contribution in [0.3, 0.4) is 0 Å². The van der Waals surface area contributed by atoms with Gasteiger partial charge in [0.1, 0.15) is 18.0 Å². The third-order valence-electron chi connectivity index (χ3n) is 5.13. The van der Waals surface area contributed by atoms with Crippen LogP contribution >= 0.6 is 0 Å². The SMILES string of the molecule is CCCC[C@H]1CN(c2ccccc2OC)C(=O)CN1C(=O)c1cccn1C. The van der Waals surface area contributed by atoms with Crippen molar-refractivity contribution in [3.63, 3.8) is 0 Å². The number of hydrogen-bond acceptors (Lipinski definition) is 3. The summed E-state index contributed by atoms with van der Waals surface area (Å²) >= 11 is 0. The van der Waals surface area contributed by atoms with Gasteiger partial charge < -0.3 is 19.1 Å². The monoisotopic (exact) mass is 369 g/mol. The molecule has 0 N–H and O–H groups in total. The number of aromatic nitrogens is 1.